The lowest BCUT2D eigenvalue weighted by molar-refractivity contribution is 0.568. The lowest BCUT2D eigenvalue weighted by Gasteiger charge is -2.15. The normalized spacial score (nSPS) is 12.6. The van der Waals surface area contributed by atoms with Crippen LogP contribution in [0.1, 0.15) is 49.8 Å². The van der Waals surface area contributed by atoms with Crippen LogP contribution in [-0.2, 0) is 13.0 Å². The Morgan fingerprint density at radius 1 is 1.29 bits per heavy atom. The molecule has 0 saturated heterocycles. The standard InChI is InChI=1S/C16H21Cl2N3/c1-3-4-9-15-20-14(16(18)21-15)10-19-11(2)12-7-5-6-8-13(12)17/h5-8,11,19H,3-4,9-10H2,1-2H3,(H,20,21). The molecule has 21 heavy (non-hydrogen) atoms. The molecule has 2 rings (SSSR count). The second kappa shape index (κ2) is 7.83. The summed E-state index contributed by atoms with van der Waals surface area (Å²) in [6, 6.07) is 8.01. The van der Waals surface area contributed by atoms with Crippen LogP contribution >= 0.6 is 23.2 Å². The Bertz CT molecular complexity index is 581. The van der Waals surface area contributed by atoms with Gasteiger partial charge in [-0.2, -0.15) is 0 Å². The number of nitrogens with zero attached hydrogens (tertiary/aromatic N) is 1. The van der Waals surface area contributed by atoms with E-state index < -0.39 is 0 Å². The summed E-state index contributed by atoms with van der Waals surface area (Å²) in [5.41, 5.74) is 2.02. The third-order valence-electron chi connectivity index (χ3n) is 3.50. The number of aromatic amines is 1. The summed E-state index contributed by atoms with van der Waals surface area (Å²) in [5, 5.41) is 4.76. The summed E-state index contributed by atoms with van der Waals surface area (Å²) in [6.07, 6.45) is 3.21. The minimum atomic E-state index is 0.150. The van der Waals surface area contributed by atoms with Gasteiger partial charge in [-0.15, -0.1) is 0 Å². The predicted molar refractivity (Wildman–Crippen MR) is 88.9 cm³/mol. The number of unbranched alkanes of at least 4 members (excludes halogenated alkanes) is 1. The number of benzene rings is 1. The SMILES string of the molecule is CCCCc1nc(Cl)c(CNC(C)c2ccccc2Cl)[nH]1. The third-order valence-corrected chi connectivity index (χ3v) is 4.16. The summed E-state index contributed by atoms with van der Waals surface area (Å²) in [6.45, 7) is 4.89. The summed E-state index contributed by atoms with van der Waals surface area (Å²) in [5.74, 6) is 0.962. The molecule has 0 amide bonds. The molecular formula is C16H21Cl2N3. The van der Waals surface area contributed by atoms with Crippen molar-refractivity contribution in [2.24, 2.45) is 0 Å². The van der Waals surface area contributed by atoms with Gasteiger partial charge in [-0.05, 0) is 25.0 Å². The number of imidazole rings is 1. The fourth-order valence-electron chi connectivity index (χ4n) is 2.21. The molecule has 0 spiro atoms. The molecule has 2 aromatic rings. The van der Waals surface area contributed by atoms with Gasteiger partial charge in [-0.25, -0.2) is 4.98 Å². The Morgan fingerprint density at radius 2 is 2.05 bits per heavy atom. The van der Waals surface area contributed by atoms with E-state index >= 15 is 0 Å². The van der Waals surface area contributed by atoms with Crippen LogP contribution < -0.4 is 5.32 Å². The van der Waals surface area contributed by atoms with Crippen LogP contribution in [0.2, 0.25) is 10.2 Å². The van der Waals surface area contributed by atoms with E-state index in [1.165, 1.54) is 0 Å². The maximum atomic E-state index is 6.21. The van der Waals surface area contributed by atoms with Crippen molar-refractivity contribution in [2.75, 3.05) is 0 Å². The topological polar surface area (TPSA) is 40.7 Å². The molecule has 1 aromatic carbocycles. The van der Waals surface area contributed by atoms with Gasteiger partial charge in [0, 0.05) is 24.0 Å². The van der Waals surface area contributed by atoms with Gasteiger partial charge >= 0.3 is 0 Å². The molecule has 2 N–H and O–H groups in total. The molecule has 0 aliphatic rings. The molecule has 0 aliphatic carbocycles. The Morgan fingerprint density at radius 3 is 2.76 bits per heavy atom. The first-order chi connectivity index (χ1) is 10.1. The number of nitrogens with one attached hydrogen (secondary N) is 2. The Kier molecular flexibility index (Phi) is 6.09. The predicted octanol–water partition coefficient (Wildman–Crippen LogP) is 4.91. The van der Waals surface area contributed by atoms with Crippen molar-refractivity contribution < 1.29 is 0 Å². The molecule has 0 fully saturated rings. The number of halogens is 2. The Balaban J connectivity index is 1.96. The molecule has 114 valence electrons. The van der Waals surface area contributed by atoms with Gasteiger partial charge in [0.2, 0.25) is 0 Å². The van der Waals surface area contributed by atoms with Gasteiger partial charge in [-0.3, -0.25) is 0 Å². The average Bonchev–Trinajstić information content (AvgIpc) is 2.83. The first-order valence-electron chi connectivity index (χ1n) is 7.32. The maximum absolute atomic E-state index is 6.21. The van der Waals surface area contributed by atoms with Crippen molar-refractivity contribution in [3.8, 4) is 0 Å². The minimum Gasteiger partial charge on any atom is -0.344 e. The number of hydrogen-bond donors (Lipinski definition) is 2. The van der Waals surface area contributed by atoms with E-state index in [1.54, 1.807) is 0 Å². The highest BCUT2D eigenvalue weighted by Gasteiger charge is 2.12. The lowest BCUT2D eigenvalue weighted by atomic mass is 10.1. The number of aryl methyl sites for hydroxylation is 1. The molecule has 1 aromatic heterocycles. The van der Waals surface area contributed by atoms with Gasteiger partial charge in [0.25, 0.3) is 0 Å². The van der Waals surface area contributed by atoms with Crippen molar-refractivity contribution in [3.63, 3.8) is 0 Å². The summed E-state index contributed by atoms with van der Waals surface area (Å²) < 4.78 is 0. The van der Waals surface area contributed by atoms with Crippen LogP contribution in [0.15, 0.2) is 24.3 Å². The van der Waals surface area contributed by atoms with Crippen molar-refractivity contribution in [3.05, 3.63) is 51.5 Å². The van der Waals surface area contributed by atoms with E-state index in [9.17, 15) is 0 Å². The second-order valence-corrected chi connectivity index (χ2v) is 5.95. The summed E-state index contributed by atoms with van der Waals surface area (Å²) in [7, 11) is 0. The van der Waals surface area contributed by atoms with Crippen LogP contribution in [0.5, 0.6) is 0 Å². The van der Waals surface area contributed by atoms with Gasteiger partial charge in [-0.1, -0.05) is 54.7 Å². The van der Waals surface area contributed by atoms with Gasteiger partial charge in [0.15, 0.2) is 5.15 Å². The minimum absolute atomic E-state index is 0.150. The smallest absolute Gasteiger partial charge is 0.151 e. The second-order valence-electron chi connectivity index (χ2n) is 5.18. The maximum Gasteiger partial charge on any atom is 0.151 e. The quantitative estimate of drug-likeness (QED) is 0.759. The monoisotopic (exact) mass is 325 g/mol. The van der Waals surface area contributed by atoms with Crippen LogP contribution in [0.3, 0.4) is 0 Å². The van der Waals surface area contributed by atoms with E-state index in [2.05, 4.69) is 29.1 Å². The van der Waals surface area contributed by atoms with E-state index in [0.717, 1.165) is 41.4 Å². The zero-order valence-corrected chi connectivity index (χ0v) is 13.9. The summed E-state index contributed by atoms with van der Waals surface area (Å²) in [4.78, 5) is 7.66. The van der Waals surface area contributed by atoms with E-state index in [-0.39, 0.29) is 6.04 Å². The molecule has 0 saturated carbocycles. The molecular weight excluding hydrogens is 305 g/mol. The highest BCUT2D eigenvalue weighted by atomic mass is 35.5. The molecule has 3 nitrogen and oxygen atoms in total. The highest BCUT2D eigenvalue weighted by molar-refractivity contribution is 6.31. The Labute approximate surface area is 136 Å². The Hall–Kier alpha value is -1.03. The first-order valence-corrected chi connectivity index (χ1v) is 8.08. The zero-order chi connectivity index (χ0) is 15.2. The molecule has 1 unspecified atom stereocenters. The average molecular weight is 326 g/mol. The number of H-pyrrole nitrogens is 1. The van der Waals surface area contributed by atoms with Crippen LogP contribution in [-0.4, -0.2) is 9.97 Å². The molecule has 1 heterocycles. The van der Waals surface area contributed by atoms with Crippen molar-refractivity contribution in [2.45, 2.75) is 45.7 Å². The van der Waals surface area contributed by atoms with Gasteiger partial charge in [0.1, 0.15) is 5.82 Å². The molecule has 1 atom stereocenters. The van der Waals surface area contributed by atoms with E-state index in [1.807, 2.05) is 24.3 Å². The van der Waals surface area contributed by atoms with Crippen molar-refractivity contribution in [1.29, 1.82) is 0 Å². The van der Waals surface area contributed by atoms with Crippen LogP contribution in [0, 0.1) is 0 Å². The van der Waals surface area contributed by atoms with E-state index in [0.29, 0.717) is 11.7 Å². The van der Waals surface area contributed by atoms with Crippen LogP contribution in [0.25, 0.3) is 0 Å². The summed E-state index contributed by atoms with van der Waals surface area (Å²) >= 11 is 12.4. The van der Waals surface area contributed by atoms with Crippen molar-refractivity contribution >= 4 is 23.2 Å². The van der Waals surface area contributed by atoms with Gasteiger partial charge < -0.3 is 10.3 Å². The molecule has 5 heteroatoms. The fraction of sp³-hybridized carbons (Fsp3) is 0.438. The molecule has 0 bridgehead atoms. The largest absolute Gasteiger partial charge is 0.344 e. The molecule has 0 radical (unpaired) electrons. The first kappa shape index (κ1) is 16.3. The van der Waals surface area contributed by atoms with E-state index in [4.69, 9.17) is 23.2 Å². The number of hydrogen-bond acceptors (Lipinski definition) is 2. The lowest BCUT2D eigenvalue weighted by Crippen LogP contribution is -2.18. The van der Waals surface area contributed by atoms with Gasteiger partial charge in [0.05, 0.1) is 5.69 Å². The zero-order valence-electron chi connectivity index (χ0n) is 12.4. The highest BCUT2D eigenvalue weighted by Crippen LogP contribution is 2.23. The fourth-order valence-corrected chi connectivity index (χ4v) is 2.73. The molecule has 0 aliphatic heterocycles. The number of rotatable bonds is 7. The van der Waals surface area contributed by atoms with Crippen LogP contribution in [0.4, 0.5) is 0 Å². The third kappa shape index (κ3) is 4.47. The number of aromatic nitrogens is 2. The van der Waals surface area contributed by atoms with Crippen molar-refractivity contribution in [1.82, 2.24) is 15.3 Å².